The van der Waals surface area contributed by atoms with Gasteiger partial charge in [0, 0.05) is 6.20 Å². The lowest BCUT2D eigenvalue weighted by molar-refractivity contribution is -0.168. The number of aromatic nitrogens is 1. The number of rotatable bonds is 5. The van der Waals surface area contributed by atoms with Crippen LogP contribution in [0.4, 0.5) is 13.2 Å². The van der Waals surface area contributed by atoms with Gasteiger partial charge in [0.25, 0.3) is 0 Å². The number of ether oxygens (including phenoxy) is 3. The van der Waals surface area contributed by atoms with E-state index in [9.17, 15) is 22.8 Å². The van der Waals surface area contributed by atoms with Gasteiger partial charge in [-0.1, -0.05) is 0 Å². The highest BCUT2D eigenvalue weighted by Crippen LogP contribution is 2.35. The molecule has 1 unspecified atom stereocenters. The van der Waals surface area contributed by atoms with Gasteiger partial charge in [0.2, 0.25) is 0 Å². The fourth-order valence-electron chi connectivity index (χ4n) is 1.98. The van der Waals surface area contributed by atoms with Crippen LogP contribution in [0.15, 0.2) is 12.3 Å². The molecule has 0 aromatic carbocycles. The Morgan fingerprint density at radius 1 is 1.16 bits per heavy atom. The van der Waals surface area contributed by atoms with Gasteiger partial charge in [-0.15, -0.1) is 0 Å². The SMILES string of the molecule is COC(=O)C(Cc1cnc(C(F)(F)F)c(OC)c1)C(=O)OC(C)(C)C. The molecular formula is C16H20F3NO5. The van der Waals surface area contributed by atoms with Gasteiger partial charge in [-0.2, -0.15) is 13.2 Å². The van der Waals surface area contributed by atoms with Crippen molar-refractivity contribution in [3.8, 4) is 5.75 Å². The standard InChI is InChI=1S/C16H20F3NO5/c1-15(2,3)25-14(22)10(13(21)24-5)6-9-7-11(23-4)12(20-8-9)16(17,18)19/h7-8,10H,6H2,1-5H3. The van der Waals surface area contributed by atoms with E-state index < -0.39 is 41.1 Å². The van der Waals surface area contributed by atoms with Gasteiger partial charge in [0.05, 0.1) is 14.2 Å². The summed E-state index contributed by atoms with van der Waals surface area (Å²) in [6.07, 6.45) is -3.98. The summed E-state index contributed by atoms with van der Waals surface area (Å²) in [5.41, 5.74) is -1.82. The lowest BCUT2D eigenvalue weighted by Gasteiger charge is -2.23. The molecule has 0 radical (unpaired) electrons. The molecule has 0 saturated heterocycles. The summed E-state index contributed by atoms with van der Waals surface area (Å²) in [4.78, 5) is 27.4. The smallest absolute Gasteiger partial charge is 0.437 e. The van der Waals surface area contributed by atoms with Crippen molar-refractivity contribution in [1.29, 1.82) is 0 Å². The lowest BCUT2D eigenvalue weighted by atomic mass is 9.99. The molecule has 0 saturated carbocycles. The van der Waals surface area contributed by atoms with Gasteiger partial charge in [-0.3, -0.25) is 9.59 Å². The van der Waals surface area contributed by atoms with Gasteiger partial charge >= 0.3 is 18.1 Å². The van der Waals surface area contributed by atoms with Crippen LogP contribution in [-0.2, 0) is 31.7 Å². The molecule has 6 nitrogen and oxygen atoms in total. The summed E-state index contributed by atoms with van der Waals surface area (Å²) >= 11 is 0. The number of esters is 2. The minimum Gasteiger partial charge on any atom is -0.494 e. The molecule has 0 aliphatic rings. The van der Waals surface area contributed by atoms with E-state index in [0.717, 1.165) is 26.5 Å². The predicted octanol–water partition coefficient (Wildman–Crippen LogP) is 2.78. The van der Waals surface area contributed by atoms with E-state index in [1.54, 1.807) is 20.8 Å². The fraction of sp³-hybridized carbons (Fsp3) is 0.562. The van der Waals surface area contributed by atoms with Crippen LogP contribution in [0.1, 0.15) is 32.0 Å². The average Bonchev–Trinajstić information content (AvgIpc) is 2.48. The molecule has 0 N–H and O–H groups in total. The first-order valence-electron chi connectivity index (χ1n) is 7.30. The Kier molecular flexibility index (Phi) is 6.39. The zero-order valence-corrected chi connectivity index (χ0v) is 14.6. The molecule has 1 rings (SSSR count). The van der Waals surface area contributed by atoms with Crippen LogP contribution in [0.3, 0.4) is 0 Å². The van der Waals surface area contributed by atoms with Gasteiger partial charge in [0.1, 0.15) is 11.4 Å². The third kappa shape index (κ3) is 5.91. The maximum atomic E-state index is 12.8. The third-order valence-corrected chi connectivity index (χ3v) is 3.01. The summed E-state index contributed by atoms with van der Waals surface area (Å²) in [6, 6.07) is 1.08. The Labute approximate surface area is 143 Å². The van der Waals surface area contributed by atoms with E-state index in [0.29, 0.717) is 0 Å². The Balaban J connectivity index is 3.13. The summed E-state index contributed by atoms with van der Waals surface area (Å²) in [7, 11) is 2.17. The van der Waals surface area contributed by atoms with E-state index in [2.05, 4.69) is 9.72 Å². The number of pyridine rings is 1. The van der Waals surface area contributed by atoms with Crippen LogP contribution >= 0.6 is 0 Å². The van der Waals surface area contributed by atoms with Gasteiger partial charge < -0.3 is 14.2 Å². The first kappa shape index (κ1) is 20.7. The number of halogens is 3. The molecule has 0 bridgehead atoms. The summed E-state index contributed by atoms with van der Waals surface area (Å²) < 4.78 is 53.0. The Morgan fingerprint density at radius 2 is 1.76 bits per heavy atom. The highest BCUT2D eigenvalue weighted by Gasteiger charge is 2.37. The van der Waals surface area contributed by atoms with E-state index in [-0.39, 0.29) is 12.0 Å². The number of carbonyl (C=O) groups is 2. The normalized spacial score (nSPS) is 13.1. The lowest BCUT2D eigenvalue weighted by Crippen LogP contribution is -2.34. The second-order valence-electron chi connectivity index (χ2n) is 6.21. The minimum atomic E-state index is -4.68. The van der Waals surface area contributed by atoms with Crippen molar-refractivity contribution in [1.82, 2.24) is 4.98 Å². The molecule has 0 aliphatic carbocycles. The molecule has 9 heteroatoms. The van der Waals surface area contributed by atoms with Crippen LogP contribution in [0.25, 0.3) is 0 Å². The molecule has 0 aliphatic heterocycles. The van der Waals surface area contributed by atoms with Crippen LogP contribution in [0.5, 0.6) is 5.75 Å². The third-order valence-electron chi connectivity index (χ3n) is 3.01. The zero-order chi connectivity index (χ0) is 19.4. The van der Waals surface area contributed by atoms with Crippen molar-refractivity contribution >= 4 is 11.9 Å². The van der Waals surface area contributed by atoms with Crippen molar-refractivity contribution < 1.29 is 37.0 Å². The number of carbonyl (C=O) groups excluding carboxylic acids is 2. The number of nitrogens with zero attached hydrogens (tertiary/aromatic N) is 1. The maximum Gasteiger partial charge on any atom is 0.437 e. The molecule has 0 fully saturated rings. The van der Waals surface area contributed by atoms with Crippen molar-refractivity contribution in [2.24, 2.45) is 5.92 Å². The summed E-state index contributed by atoms with van der Waals surface area (Å²) in [5, 5.41) is 0. The molecule has 1 aromatic heterocycles. The van der Waals surface area contributed by atoms with Crippen molar-refractivity contribution in [3.05, 3.63) is 23.5 Å². The number of methoxy groups -OCH3 is 2. The number of hydrogen-bond acceptors (Lipinski definition) is 6. The highest BCUT2D eigenvalue weighted by atomic mass is 19.4. The number of alkyl halides is 3. The van der Waals surface area contributed by atoms with E-state index in [1.807, 2.05) is 0 Å². The predicted molar refractivity (Wildman–Crippen MR) is 80.8 cm³/mol. The van der Waals surface area contributed by atoms with Crippen LogP contribution in [0.2, 0.25) is 0 Å². The van der Waals surface area contributed by atoms with E-state index in [1.165, 1.54) is 0 Å². The molecule has 25 heavy (non-hydrogen) atoms. The van der Waals surface area contributed by atoms with Gasteiger partial charge in [-0.05, 0) is 38.8 Å². The monoisotopic (exact) mass is 363 g/mol. The quantitative estimate of drug-likeness (QED) is 0.592. The molecule has 1 aromatic rings. The Hall–Kier alpha value is -2.32. The van der Waals surface area contributed by atoms with Crippen molar-refractivity contribution in [3.63, 3.8) is 0 Å². The maximum absolute atomic E-state index is 12.8. The molecule has 0 amide bonds. The molecule has 0 spiro atoms. The molecular weight excluding hydrogens is 343 g/mol. The first-order valence-corrected chi connectivity index (χ1v) is 7.30. The average molecular weight is 363 g/mol. The largest absolute Gasteiger partial charge is 0.494 e. The topological polar surface area (TPSA) is 74.7 Å². The van der Waals surface area contributed by atoms with Gasteiger partial charge in [0.15, 0.2) is 11.6 Å². The van der Waals surface area contributed by atoms with Gasteiger partial charge in [-0.25, -0.2) is 4.98 Å². The first-order chi connectivity index (χ1) is 11.4. The Bertz CT molecular complexity index is 638. The van der Waals surface area contributed by atoms with Crippen LogP contribution < -0.4 is 4.74 Å². The minimum absolute atomic E-state index is 0.200. The van der Waals surface area contributed by atoms with E-state index >= 15 is 0 Å². The highest BCUT2D eigenvalue weighted by molar-refractivity contribution is 5.95. The second kappa shape index (κ2) is 7.71. The Morgan fingerprint density at radius 3 is 2.20 bits per heavy atom. The van der Waals surface area contributed by atoms with Crippen molar-refractivity contribution in [2.75, 3.05) is 14.2 Å². The molecule has 140 valence electrons. The van der Waals surface area contributed by atoms with Crippen LogP contribution in [0, 0.1) is 5.92 Å². The number of hydrogen-bond donors (Lipinski definition) is 0. The van der Waals surface area contributed by atoms with Crippen LogP contribution in [-0.4, -0.2) is 36.7 Å². The molecule has 1 atom stereocenters. The van der Waals surface area contributed by atoms with Crippen molar-refractivity contribution in [2.45, 2.75) is 39.0 Å². The molecule has 1 heterocycles. The zero-order valence-electron chi connectivity index (χ0n) is 14.6. The second-order valence-corrected chi connectivity index (χ2v) is 6.21. The summed E-state index contributed by atoms with van der Waals surface area (Å²) in [6.45, 7) is 4.88. The van der Waals surface area contributed by atoms with E-state index in [4.69, 9.17) is 9.47 Å². The summed E-state index contributed by atoms with van der Waals surface area (Å²) in [5.74, 6) is -3.52. The fourth-order valence-corrected chi connectivity index (χ4v) is 1.98.